The lowest BCUT2D eigenvalue weighted by Gasteiger charge is -2.37. The maximum Gasteiger partial charge on any atom is 0.433 e. The van der Waals surface area contributed by atoms with Crippen molar-refractivity contribution >= 4 is 5.95 Å². The van der Waals surface area contributed by atoms with E-state index < -0.39 is 11.9 Å². The summed E-state index contributed by atoms with van der Waals surface area (Å²) in [7, 11) is 0. The Bertz CT molecular complexity index is 503. The Hall–Kier alpha value is -1.37. The lowest BCUT2D eigenvalue weighted by molar-refractivity contribution is -0.141. The van der Waals surface area contributed by atoms with Crippen LogP contribution in [0.1, 0.15) is 24.2 Å². The van der Waals surface area contributed by atoms with Crippen LogP contribution in [0.5, 0.6) is 0 Å². The fourth-order valence-corrected chi connectivity index (χ4v) is 3.01. The molecule has 2 saturated heterocycles. The molecule has 0 aromatic carbocycles. The number of aryl methyl sites for hydroxylation is 1. The van der Waals surface area contributed by atoms with Gasteiger partial charge in [0.1, 0.15) is 5.69 Å². The average molecular weight is 286 g/mol. The lowest BCUT2D eigenvalue weighted by Crippen LogP contribution is -2.50. The summed E-state index contributed by atoms with van der Waals surface area (Å²) in [6, 6.07) is 1.43. The molecule has 0 radical (unpaired) electrons. The molecule has 20 heavy (non-hydrogen) atoms. The van der Waals surface area contributed by atoms with Gasteiger partial charge in [-0.2, -0.15) is 13.2 Å². The van der Waals surface area contributed by atoms with Crippen LogP contribution in [-0.2, 0) is 6.18 Å². The van der Waals surface area contributed by atoms with Crippen LogP contribution in [0, 0.1) is 6.92 Å². The molecule has 7 heteroatoms. The van der Waals surface area contributed by atoms with E-state index in [0.29, 0.717) is 18.3 Å². The smallest absolute Gasteiger partial charge is 0.338 e. The highest BCUT2D eigenvalue weighted by Crippen LogP contribution is 2.30. The average Bonchev–Trinajstić information content (AvgIpc) is 2.84. The van der Waals surface area contributed by atoms with Gasteiger partial charge in [-0.1, -0.05) is 0 Å². The summed E-state index contributed by atoms with van der Waals surface area (Å²) >= 11 is 0. The first-order valence-corrected chi connectivity index (χ1v) is 6.85. The third kappa shape index (κ3) is 2.59. The number of anilines is 1. The molecule has 2 aliphatic rings. The van der Waals surface area contributed by atoms with Gasteiger partial charge in [0.2, 0.25) is 5.95 Å². The molecule has 2 aliphatic heterocycles. The van der Waals surface area contributed by atoms with E-state index in [4.69, 9.17) is 0 Å². The Morgan fingerprint density at radius 3 is 2.75 bits per heavy atom. The van der Waals surface area contributed by atoms with Crippen molar-refractivity contribution in [1.82, 2.24) is 14.9 Å². The first-order valence-electron chi connectivity index (χ1n) is 6.85. The van der Waals surface area contributed by atoms with E-state index in [1.807, 2.05) is 4.90 Å². The number of nitrogens with zero attached hydrogens (tertiary/aromatic N) is 4. The number of fused-ring (bicyclic) bond motifs is 1. The summed E-state index contributed by atoms with van der Waals surface area (Å²) < 4.78 is 38.4. The van der Waals surface area contributed by atoms with Crippen molar-refractivity contribution in [3.63, 3.8) is 0 Å². The maximum atomic E-state index is 12.8. The van der Waals surface area contributed by atoms with E-state index >= 15 is 0 Å². The second-order valence-electron chi connectivity index (χ2n) is 5.47. The molecule has 0 bridgehead atoms. The summed E-state index contributed by atoms with van der Waals surface area (Å²) in [6.45, 7) is 4.97. The summed E-state index contributed by atoms with van der Waals surface area (Å²) in [5.74, 6) is 0.212. The molecule has 2 fully saturated rings. The Kier molecular flexibility index (Phi) is 3.32. The minimum absolute atomic E-state index is 0.212. The summed E-state index contributed by atoms with van der Waals surface area (Å²) in [5, 5.41) is 0. The zero-order valence-electron chi connectivity index (χ0n) is 11.3. The van der Waals surface area contributed by atoms with Gasteiger partial charge in [-0.15, -0.1) is 0 Å². The maximum absolute atomic E-state index is 12.8. The quantitative estimate of drug-likeness (QED) is 0.791. The van der Waals surface area contributed by atoms with E-state index in [1.54, 1.807) is 6.92 Å². The van der Waals surface area contributed by atoms with Crippen molar-refractivity contribution in [3.05, 3.63) is 17.5 Å². The fraction of sp³-hybridized carbons (Fsp3) is 0.692. The fourth-order valence-electron chi connectivity index (χ4n) is 3.01. The van der Waals surface area contributed by atoms with E-state index in [-0.39, 0.29) is 5.95 Å². The molecule has 0 aliphatic carbocycles. The van der Waals surface area contributed by atoms with Crippen LogP contribution in [0.3, 0.4) is 0 Å². The van der Waals surface area contributed by atoms with Gasteiger partial charge in [0, 0.05) is 31.4 Å². The summed E-state index contributed by atoms with van der Waals surface area (Å²) in [5.41, 5.74) is -0.495. The van der Waals surface area contributed by atoms with E-state index in [9.17, 15) is 13.2 Å². The number of rotatable bonds is 1. The zero-order valence-corrected chi connectivity index (χ0v) is 11.3. The number of aromatic nitrogens is 2. The first kappa shape index (κ1) is 13.6. The van der Waals surface area contributed by atoms with Crippen LogP contribution in [0.25, 0.3) is 0 Å². The van der Waals surface area contributed by atoms with Crippen LogP contribution in [0.2, 0.25) is 0 Å². The minimum Gasteiger partial charge on any atom is -0.338 e. The van der Waals surface area contributed by atoms with Gasteiger partial charge in [0.25, 0.3) is 0 Å². The first-order chi connectivity index (χ1) is 9.43. The normalized spacial score (nSPS) is 24.0. The Morgan fingerprint density at radius 2 is 2.00 bits per heavy atom. The molecule has 0 amide bonds. The number of hydrogen-bond acceptors (Lipinski definition) is 4. The van der Waals surface area contributed by atoms with Crippen molar-refractivity contribution in [2.75, 3.05) is 31.1 Å². The molecule has 1 aromatic heterocycles. The molecular weight excluding hydrogens is 269 g/mol. The highest BCUT2D eigenvalue weighted by Gasteiger charge is 2.35. The molecule has 0 saturated carbocycles. The molecule has 3 heterocycles. The molecule has 3 rings (SSSR count). The van der Waals surface area contributed by atoms with Crippen molar-refractivity contribution in [2.24, 2.45) is 0 Å². The van der Waals surface area contributed by atoms with Gasteiger partial charge in [0.05, 0.1) is 0 Å². The monoisotopic (exact) mass is 286 g/mol. The summed E-state index contributed by atoms with van der Waals surface area (Å²) in [4.78, 5) is 12.2. The van der Waals surface area contributed by atoms with Crippen LogP contribution < -0.4 is 4.90 Å². The molecule has 1 atom stereocenters. The standard InChI is InChI=1S/C13H17F3N4/c1-9-7-11(13(14,15)16)18-12(17-9)20-6-5-19-4-2-3-10(19)8-20/h7,10H,2-6,8H2,1H3/t10-/m0/s1. The van der Waals surface area contributed by atoms with Gasteiger partial charge < -0.3 is 4.90 Å². The van der Waals surface area contributed by atoms with Crippen molar-refractivity contribution in [1.29, 1.82) is 0 Å². The van der Waals surface area contributed by atoms with Gasteiger partial charge in [0.15, 0.2) is 0 Å². The molecule has 4 nitrogen and oxygen atoms in total. The van der Waals surface area contributed by atoms with Gasteiger partial charge in [-0.25, -0.2) is 9.97 Å². The molecular formula is C13H17F3N4. The largest absolute Gasteiger partial charge is 0.433 e. The molecule has 110 valence electrons. The van der Waals surface area contributed by atoms with E-state index in [2.05, 4.69) is 14.9 Å². The van der Waals surface area contributed by atoms with Gasteiger partial charge in [-0.3, -0.25) is 4.90 Å². The second-order valence-corrected chi connectivity index (χ2v) is 5.47. The molecule has 0 N–H and O–H groups in total. The van der Waals surface area contributed by atoms with Crippen LogP contribution in [-0.4, -0.2) is 47.1 Å². The molecule has 1 aromatic rings. The molecule has 0 spiro atoms. The summed E-state index contributed by atoms with van der Waals surface area (Å²) in [6.07, 6.45) is -2.15. The lowest BCUT2D eigenvalue weighted by atomic mass is 10.1. The van der Waals surface area contributed by atoms with Crippen LogP contribution >= 0.6 is 0 Å². The Morgan fingerprint density at radius 1 is 1.20 bits per heavy atom. The SMILES string of the molecule is Cc1cc(C(F)(F)F)nc(N2CCN3CCC[C@H]3C2)n1. The highest BCUT2D eigenvalue weighted by molar-refractivity contribution is 5.34. The van der Waals surface area contributed by atoms with Gasteiger partial charge >= 0.3 is 6.18 Å². The third-order valence-electron chi connectivity index (χ3n) is 4.00. The Labute approximate surface area is 115 Å². The zero-order chi connectivity index (χ0) is 14.3. The minimum atomic E-state index is -4.42. The number of piperazine rings is 1. The van der Waals surface area contributed by atoms with Crippen molar-refractivity contribution < 1.29 is 13.2 Å². The van der Waals surface area contributed by atoms with Gasteiger partial charge in [-0.05, 0) is 32.4 Å². The molecule has 0 unspecified atom stereocenters. The van der Waals surface area contributed by atoms with E-state index in [0.717, 1.165) is 32.1 Å². The number of hydrogen-bond donors (Lipinski definition) is 0. The third-order valence-corrected chi connectivity index (χ3v) is 4.00. The Balaban J connectivity index is 1.85. The number of alkyl halides is 3. The predicted molar refractivity (Wildman–Crippen MR) is 68.6 cm³/mol. The van der Waals surface area contributed by atoms with Crippen molar-refractivity contribution in [2.45, 2.75) is 32.0 Å². The van der Waals surface area contributed by atoms with Crippen LogP contribution in [0.15, 0.2) is 6.07 Å². The van der Waals surface area contributed by atoms with E-state index in [1.165, 1.54) is 6.42 Å². The number of halogens is 3. The van der Waals surface area contributed by atoms with Crippen LogP contribution in [0.4, 0.5) is 19.1 Å². The van der Waals surface area contributed by atoms with Crippen molar-refractivity contribution in [3.8, 4) is 0 Å². The highest BCUT2D eigenvalue weighted by atomic mass is 19.4. The predicted octanol–water partition coefficient (Wildman–Crippen LogP) is 2.09. The second kappa shape index (κ2) is 4.87. The topological polar surface area (TPSA) is 32.3 Å².